The Balaban J connectivity index is 1.92. The minimum atomic E-state index is -1.21. The van der Waals surface area contributed by atoms with Crippen LogP contribution in [0.15, 0.2) is 54.6 Å². The minimum absolute atomic E-state index is 0.0361. The summed E-state index contributed by atoms with van der Waals surface area (Å²) in [7, 11) is 1.20. The van der Waals surface area contributed by atoms with E-state index < -0.39 is 23.7 Å². The number of fused-ring (bicyclic) bond motifs is 1. The zero-order valence-electron chi connectivity index (χ0n) is 13.0. The summed E-state index contributed by atoms with van der Waals surface area (Å²) < 4.78 is 4.71. The fourth-order valence-electron chi connectivity index (χ4n) is 2.58. The lowest BCUT2D eigenvalue weighted by Gasteiger charge is -2.30. The van der Waals surface area contributed by atoms with Gasteiger partial charge >= 0.3 is 5.97 Å². The summed E-state index contributed by atoms with van der Waals surface area (Å²) in [6.45, 7) is 0.0361. The molecule has 2 aromatic carbocycles. The van der Waals surface area contributed by atoms with Crippen molar-refractivity contribution in [1.29, 1.82) is 0 Å². The molecular formula is C18H15NO5. The summed E-state index contributed by atoms with van der Waals surface area (Å²) in [5.41, 5.74) is 1.38. The number of esters is 1. The third-order valence-corrected chi connectivity index (χ3v) is 3.77. The second-order valence-electron chi connectivity index (χ2n) is 5.24. The summed E-state index contributed by atoms with van der Waals surface area (Å²) in [5, 5.41) is 0.650. The third-order valence-electron chi connectivity index (χ3n) is 3.77. The molecule has 1 aliphatic rings. The maximum atomic E-state index is 12.6. The Labute approximate surface area is 138 Å². The Kier molecular flexibility index (Phi) is 4.39. The summed E-state index contributed by atoms with van der Waals surface area (Å²) in [6.07, 6.45) is 0. The number of rotatable bonds is 4. The molecule has 1 unspecified atom stereocenters. The molecule has 0 aromatic heterocycles. The van der Waals surface area contributed by atoms with E-state index in [2.05, 4.69) is 0 Å². The zero-order chi connectivity index (χ0) is 17.1. The first-order valence-electron chi connectivity index (χ1n) is 7.35. The molecule has 0 bridgehead atoms. The average Bonchev–Trinajstić information content (AvgIpc) is 2.62. The number of ether oxygens (including phenoxy) is 1. The molecule has 0 saturated heterocycles. The quantitative estimate of drug-likeness (QED) is 0.489. The molecule has 2 aromatic rings. The van der Waals surface area contributed by atoms with Crippen molar-refractivity contribution in [3.05, 3.63) is 71.3 Å². The van der Waals surface area contributed by atoms with Crippen molar-refractivity contribution < 1.29 is 24.0 Å². The van der Waals surface area contributed by atoms with Crippen LogP contribution in [0, 0.1) is 0 Å². The molecule has 3 rings (SSSR count). The highest BCUT2D eigenvalue weighted by molar-refractivity contribution is 6.17. The van der Waals surface area contributed by atoms with Gasteiger partial charge in [0.1, 0.15) is 6.61 Å². The Bertz CT molecular complexity index is 787. The van der Waals surface area contributed by atoms with Crippen molar-refractivity contribution in [1.82, 2.24) is 5.06 Å². The standard InChI is InChI=1S/C18H15NO5/c1-23-18(22)15-13-9-5-6-10-14(13)16(20)19(17(15)21)24-11-12-7-3-2-4-8-12/h2-10,15H,11H2,1H3. The maximum absolute atomic E-state index is 12.6. The van der Waals surface area contributed by atoms with Crippen molar-refractivity contribution in [3.8, 4) is 0 Å². The third kappa shape index (κ3) is 2.79. The highest BCUT2D eigenvalue weighted by atomic mass is 16.7. The lowest BCUT2D eigenvalue weighted by atomic mass is 9.89. The van der Waals surface area contributed by atoms with E-state index >= 15 is 0 Å². The first kappa shape index (κ1) is 15.9. The summed E-state index contributed by atoms with van der Waals surface area (Å²) in [5.74, 6) is -3.28. The normalized spacial score (nSPS) is 16.7. The van der Waals surface area contributed by atoms with Crippen LogP contribution in [0.25, 0.3) is 0 Å². The van der Waals surface area contributed by atoms with Crippen LogP contribution in [0.4, 0.5) is 0 Å². The number of hydrogen-bond acceptors (Lipinski definition) is 5. The van der Waals surface area contributed by atoms with Gasteiger partial charge in [0.15, 0.2) is 5.92 Å². The van der Waals surface area contributed by atoms with Gasteiger partial charge in [-0.05, 0) is 17.2 Å². The predicted molar refractivity (Wildman–Crippen MR) is 83.6 cm³/mol. The van der Waals surface area contributed by atoms with Crippen molar-refractivity contribution in [2.75, 3.05) is 7.11 Å². The lowest BCUT2D eigenvalue weighted by molar-refractivity contribution is -0.179. The number of methoxy groups -OCH3 is 1. The van der Waals surface area contributed by atoms with Gasteiger partial charge in [-0.2, -0.15) is 0 Å². The molecule has 122 valence electrons. The van der Waals surface area contributed by atoms with Gasteiger partial charge in [-0.3, -0.25) is 19.2 Å². The van der Waals surface area contributed by atoms with E-state index in [9.17, 15) is 14.4 Å². The molecule has 0 N–H and O–H groups in total. The Morgan fingerprint density at radius 3 is 2.42 bits per heavy atom. The van der Waals surface area contributed by atoms with Crippen molar-refractivity contribution >= 4 is 17.8 Å². The smallest absolute Gasteiger partial charge is 0.322 e. The maximum Gasteiger partial charge on any atom is 0.322 e. The second-order valence-corrected chi connectivity index (χ2v) is 5.24. The number of hydroxylamine groups is 2. The molecule has 0 fully saturated rings. The summed E-state index contributed by atoms with van der Waals surface area (Å²) in [4.78, 5) is 42.6. The van der Waals surface area contributed by atoms with Crippen LogP contribution < -0.4 is 0 Å². The minimum Gasteiger partial charge on any atom is -0.468 e. The van der Waals surface area contributed by atoms with Gasteiger partial charge in [-0.1, -0.05) is 48.5 Å². The van der Waals surface area contributed by atoms with Crippen LogP contribution in [-0.4, -0.2) is 30.0 Å². The molecule has 6 nitrogen and oxygen atoms in total. The van der Waals surface area contributed by atoms with E-state index in [4.69, 9.17) is 9.57 Å². The number of imide groups is 1. The van der Waals surface area contributed by atoms with Crippen molar-refractivity contribution in [2.45, 2.75) is 12.5 Å². The van der Waals surface area contributed by atoms with Gasteiger partial charge in [0.05, 0.1) is 7.11 Å². The molecule has 0 radical (unpaired) electrons. The van der Waals surface area contributed by atoms with Crippen LogP contribution in [0.2, 0.25) is 0 Å². The molecule has 2 amide bonds. The van der Waals surface area contributed by atoms with Gasteiger partial charge in [-0.15, -0.1) is 5.06 Å². The molecule has 6 heteroatoms. The van der Waals surface area contributed by atoms with Gasteiger partial charge in [-0.25, -0.2) is 0 Å². The second kappa shape index (κ2) is 6.64. The Hall–Kier alpha value is -2.99. The highest BCUT2D eigenvalue weighted by Gasteiger charge is 2.44. The van der Waals surface area contributed by atoms with Gasteiger partial charge in [0.2, 0.25) is 0 Å². The van der Waals surface area contributed by atoms with Crippen molar-refractivity contribution in [2.24, 2.45) is 0 Å². The van der Waals surface area contributed by atoms with Crippen LogP contribution in [0.5, 0.6) is 0 Å². The number of carbonyl (C=O) groups excluding carboxylic acids is 3. The predicted octanol–water partition coefficient (Wildman–Crippen LogP) is 2.06. The number of benzene rings is 2. The molecule has 1 aliphatic heterocycles. The molecule has 1 atom stereocenters. The molecule has 24 heavy (non-hydrogen) atoms. The fraction of sp³-hybridized carbons (Fsp3) is 0.167. The number of carbonyl (C=O) groups is 3. The van der Waals surface area contributed by atoms with E-state index in [1.807, 2.05) is 30.3 Å². The van der Waals surface area contributed by atoms with Gasteiger partial charge < -0.3 is 4.74 Å². The van der Waals surface area contributed by atoms with E-state index in [0.29, 0.717) is 10.6 Å². The molecule has 0 saturated carbocycles. The number of nitrogens with zero attached hydrogens (tertiary/aromatic N) is 1. The monoisotopic (exact) mass is 325 g/mol. The van der Waals surface area contributed by atoms with Crippen molar-refractivity contribution in [3.63, 3.8) is 0 Å². The molecule has 0 aliphatic carbocycles. The molecular weight excluding hydrogens is 310 g/mol. The average molecular weight is 325 g/mol. The first-order chi connectivity index (χ1) is 11.6. The number of hydrogen-bond donors (Lipinski definition) is 0. The SMILES string of the molecule is COC(=O)C1C(=O)N(OCc2ccccc2)C(=O)c2ccccc21. The van der Waals surface area contributed by atoms with Gasteiger partial charge in [0.25, 0.3) is 11.8 Å². The van der Waals surface area contributed by atoms with E-state index in [1.54, 1.807) is 24.3 Å². The van der Waals surface area contributed by atoms with E-state index in [-0.39, 0.29) is 12.2 Å². The van der Waals surface area contributed by atoms with Gasteiger partial charge in [0, 0.05) is 5.56 Å². The zero-order valence-corrected chi connectivity index (χ0v) is 13.0. The Morgan fingerprint density at radius 1 is 1.04 bits per heavy atom. The lowest BCUT2D eigenvalue weighted by Crippen LogP contribution is -2.47. The summed E-state index contributed by atoms with van der Waals surface area (Å²) in [6, 6.07) is 15.6. The fourth-order valence-corrected chi connectivity index (χ4v) is 2.58. The largest absolute Gasteiger partial charge is 0.468 e. The molecule has 1 heterocycles. The van der Waals surface area contributed by atoms with Crippen LogP contribution in [-0.2, 0) is 25.8 Å². The first-order valence-corrected chi connectivity index (χ1v) is 7.35. The Morgan fingerprint density at radius 2 is 1.71 bits per heavy atom. The molecule has 0 spiro atoms. The number of amides is 2. The van der Waals surface area contributed by atoms with E-state index in [1.165, 1.54) is 7.11 Å². The van der Waals surface area contributed by atoms with Crippen LogP contribution >= 0.6 is 0 Å². The summed E-state index contributed by atoms with van der Waals surface area (Å²) >= 11 is 0. The topological polar surface area (TPSA) is 72.9 Å². The highest BCUT2D eigenvalue weighted by Crippen LogP contribution is 2.30. The van der Waals surface area contributed by atoms with Crippen LogP contribution in [0.3, 0.4) is 0 Å². The van der Waals surface area contributed by atoms with Crippen LogP contribution in [0.1, 0.15) is 27.4 Å². The van der Waals surface area contributed by atoms with E-state index in [0.717, 1.165) is 5.56 Å².